The lowest BCUT2D eigenvalue weighted by atomic mass is 9.88. The number of hydrogen-bond acceptors (Lipinski definition) is 5. The van der Waals surface area contributed by atoms with Crippen LogP contribution in [0.1, 0.15) is 57.3 Å². The van der Waals surface area contributed by atoms with E-state index >= 15 is 0 Å². The van der Waals surface area contributed by atoms with Gasteiger partial charge in [-0.2, -0.15) is 5.26 Å². The SMILES string of the molecule is Cc1ccc2c(c1)CC(C)(C(=O)Nc1sc3c(c1C#N)CCCC3)OC2=O. The van der Waals surface area contributed by atoms with Crippen molar-refractivity contribution in [3.8, 4) is 6.07 Å². The quantitative estimate of drug-likeness (QED) is 0.801. The zero-order valence-electron chi connectivity index (χ0n) is 15.3. The molecule has 138 valence electrons. The number of nitriles is 1. The second kappa shape index (κ2) is 6.50. The first-order valence-corrected chi connectivity index (χ1v) is 9.92. The summed E-state index contributed by atoms with van der Waals surface area (Å²) in [5.41, 5.74) is 2.68. The van der Waals surface area contributed by atoms with Crippen molar-refractivity contribution in [2.24, 2.45) is 0 Å². The van der Waals surface area contributed by atoms with Crippen molar-refractivity contribution < 1.29 is 14.3 Å². The van der Waals surface area contributed by atoms with Crippen LogP contribution in [0.2, 0.25) is 0 Å². The molecule has 2 heterocycles. The minimum Gasteiger partial charge on any atom is -0.445 e. The number of ether oxygens (including phenoxy) is 1. The van der Waals surface area contributed by atoms with Gasteiger partial charge < -0.3 is 10.1 Å². The van der Waals surface area contributed by atoms with Gasteiger partial charge in [-0.15, -0.1) is 11.3 Å². The predicted molar refractivity (Wildman–Crippen MR) is 103 cm³/mol. The molecule has 1 aromatic heterocycles. The Hall–Kier alpha value is -2.65. The third kappa shape index (κ3) is 3.02. The summed E-state index contributed by atoms with van der Waals surface area (Å²) in [5, 5.41) is 13.0. The van der Waals surface area contributed by atoms with Crippen molar-refractivity contribution in [2.45, 2.75) is 51.6 Å². The van der Waals surface area contributed by atoms with Gasteiger partial charge in [0.1, 0.15) is 11.1 Å². The highest BCUT2D eigenvalue weighted by Crippen LogP contribution is 2.38. The Labute approximate surface area is 162 Å². The third-order valence-corrected chi connectivity index (χ3v) is 6.52. The highest BCUT2D eigenvalue weighted by Gasteiger charge is 2.43. The van der Waals surface area contributed by atoms with Crippen LogP contribution in [0.15, 0.2) is 18.2 Å². The molecule has 1 amide bonds. The summed E-state index contributed by atoms with van der Waals surface area (Å²) >= 11 is 1.47. The van der Waals surface area contributed by atoms with Gasteiger partial charge in [-0.1, -0.05) is 17.7 Å². The highest BCUT2D eigenvalue weighted by molar-refractivity contribution is 7.16. The number of nitrogens with zero attached hydrogens (tertiary/aromatic N) is 1. The summed E-state index contributed by atoms with van der Waals surface area (Å²) in [5.74, 6) is -0.877. The summed E-state index contributed by atoms with van der Waals surface area (Å²) in [6.07, 6.45) is 4.32. The third-order valence-electron chi connectivity index (χ3n) is 5.32. The van der Waals surface area contributed by atoms with Crippen LogP contribution < -0.4 is 5.32 Å². The summed E-state index contributed by atoms with van der Waals surface area (Å²) in [6.45, 7) is 3.58. The molecule has 0 bridgehead atoms. The Morgan fingerprint density at radius 2 is 2.11 bits per heavy atom. The molecule has 6 heteroatoms. The summed E-state index contributed by atoms with van der Waals surface area (Å²) in [4.78, 5) is 26.6. The van der Waals surface area contributed by atoms with Crippen LogP contribution in [0.5, 0.6) is 0 Å². The standard InChI is InChI=1S/C21H20N2O3S/c1-12-7-8-14-13(9-12)10-21(2,26-19(14)24)20(25)23-18-16(11-22)15-5-3-4-6-17(15)27-18/h7-9H,3-6,10H2,1-2H3,(H,23,25). The predicted octanol–water partition coefficient (Wildman–Crippen LogP) is 3.92. The number of carbonyl (C=O) groups excluding carboxylic acids is 2. The molecular formula is C21H20N2O3S. The molecular weight excluding hydrogens is 360 g/mol. The molecule has 0 radical (unpaired) electrons. The Morgan fingerprint density at radius 3 is 2.89 bits per heavy atom. The first-order valence-electron chi connectivity index (χ1n) is 9.10. The van der Waals surface area contributed by atoms with E-state index in [9.17, 15) is 14.9 Å². The lowest BCUT2D eigenvalue weighted by Gasteiger charge is -2.33. The van der Waals surface area contributed by atoms with E-state index in [0.29, 0.717) is 22.5 Å². The van der Waals surface area contributed by atoms with Gasteiger partial charge in [0.05, 0.1) is 11.1 Å². The Balaban J connectivity index is 1.63. The number of anilines is 1. The normalized spacial score (nSPS) is 20.9. The molecule has 1 atom stereocenters. The van der Waals surface area contributed by atoms with Crippen molar-refractivity contribution in [3.63, 3.8) is 0 Å². The van der Waals surface area contributed by atoms with Crippen LogP contribution in [0, 0.1) is 18.3 Å². The maximum absolute atomic E-state index is 13.0. The monoisotopic (exact) mass is 380 g/mol. The van der Waals surface area contributed by atoms with Gasteiger partial charge in [0.15, 0.2) is 5.60 Å². The maximum atomic E-state index is 13.0. The van der Waals surface area contributed by atoms with Crippen molar-refractivity contribution in [3.05, 3.63) is 50.9 Å². The number of benzene rings is 1. The molecule has 1 aliphatic heterocycles. The molecule has 4 rings (SSSR count). The molecule has 0 saturated carbocycles. The number of cyclic esters (lactones) is 1. The number of nitrogens with one attached hydrogen (secondary N) is 1. The minimum absolute atomic E-state index is 0.314. The van der Waals surface area contributed by atoms with Gasteiger partial charge in [0.2, 0.25) is 0 Å². The molecule has 1 unspecified atom stereocenters. The Bertz CT molecular complexity index is 1000. The number of fused-ring (bicyclic) bond motifs is 2. The van der Waals surface area contributed by atoms with Crippen molar-refractivity contribution in [1.82, 2.24) is 0 Å². The van der Waals surface area contributed by atoms with Crippen LogP contribution in [0.25, 0.3) is 0 Å². The minimum atomic E-state index is -1.30. The fraction of sp³-hybridized carbons (Fsp3) is 0.381. The van der Waals surface area contributed by atoms with E-state index in [1.807, 2.05) is 19.1 Å². The lowest BCUT2D eigenvalue weighted by molar-refractivity contribution is -0.134. The van der Waals surface area contributed by atoms with Crippen LogP contribution in [-0.4, -0.2) is 17.5 Å². The number of thiophene rings is 1. The lowest BCUT2D eigenvalue weighted by Crippen LogP contribution is -2.48. The molecule has 2 aromatic rings. The zero-order valence-corrected chi connectivity index (χ0v) is 16.2. The topological polar surface area (TPSA) is 79.2 Å². The van der Waals surface area contributed by atoms with E-state index in [1.165, 1.54) is 16.2 Å². The fourth-order valence-corrected chi connectivity index (χ4v) is 5.10. The second-order valence-corrected chi connectivity index (χ2v) is 8.54. The highest BCUT2D eigenvalue weighted by atomic mass is 32.1. The van der Waals surface area contributed by atoms with E-state index in [0.717, 1.165) is 42.4 Å². The summed E-state index contributed by atoms with van der Waals surface area (Å²) < 4.78 is 5.52. The molecule has 5 nitrogen and oxygen atoms in total. The molecule has 0 spiro atoms. The smallest absolute Gasteiger partial charge is 0.339 e. The second-order valence-electron chi connectivity index (χ2n) is 7.44. The fourth-order valence-electron chi connectivity index (χ4n) is 3.86. The zero-order chi connectivity index (χ0) is 19.2. The summed E-state index contributed by atoms with van der Waals surface area (Å²) in [6, 6.07) is 7.77. The van der Waals surface area contributed by atoms with Crippen LogP contribution in [0.4, 0.5) is 5.00 Å². The van der Waals surface area contributed by atoms with Gasteiger partial charge in [0, 0.05) is 11.3 Å². The molecule has 0 saturated heterocycles. The number of carbonyl (C=O) groups is 2. The van der Waals surface area contributed by atoms with Crippen LogP contribution in [-0.2, 0) is 28.8 Å². The first kappa shape index (κ1) is 17.7. The van der Waals surface area contributed by atoms with Crippen molar-refractivity contribution >= 4 is 28.2 Å². The first-order chi connectivity index (χ1) is 12.9. The molecule has 1 aromatic carbocycles. The van der Waals surface area contributed by atoms with E-state index in [4.69, 9.17) is 4.74 Å². The van der Waals surface area contributed by atoms with Crippen LogP contribution >= 0.6 is 11.3 Å². The number of esters is 1. The Kier molecular flexibility index (Phi) is 4.27. The number of hydrogen-bond donors (Lipinski definition) is 1. The average molecular weight is 380 g/mol. The van der Waals surface area contributed by atoms with Gasteiger partial charge in [0.25, 0.3) is 5.91 Å². The molecule has 1 N–H and O–H groups in total. The van der Waals surface area contributed by atoms with E-state index in [2.05, 4.69) is 11.4 Å². The van der Waals surface area contributed by atoms with Gasteiger partial charge in [-0.3, -0.25) is 4.79 Å². The number of aryl methyl sites for hydroxylation is 2. The molecule has 1 aliphatic carbocycles. The average Bonchev–Trinajstić information content (AvgIpc) is 2.98. The number of amides is 1. The van der Waals surface area contributed by atoms with Crippen molar-refractivity contribution in [2.75, 3.05) is 5.32 Å². The van der Waals surface area contributed by atoms with E-state index in [1.54, 1.807) is 13.0 Å². The maximum Gasteiger partial charge on any atom is 0.339 e. The summed E-state index contributed by atoms with van der Waals surface area (Å²) in [7, 11) is 0. The molecule has 27 heavy (non-hydrogen) atoms. The van der Waals surface area contributed by atoms with E-state index < -0.39 is 17.5 Å². The number of rotatable bonds is 2. The molecule has 2 aliphatic rings. The van der Waals surface area contributed by atoms with Crippen LogP contribution in [0.3, 0.4) is 0 Å². The largest absolute Gasteiger partial charge is 0.445 e. The Morgan fingerprint density at radius 1 is 1.33 bits per heavy atom. The van der Waals surface area contributed by atoms with Gasteiger partial charge in [-0.25, -0.2) is 4.79 Å². The van der Waals surface area contributed by atoms with Gasteiger partial charge >= 0.3 is 5.97 Å². The molecule has 0 fully saturated rings. The van der Waals surface area contributed by atoms with Crippen molar-refractivity contribution in [1.29, 1.82) is 5.26 Å². The van der Waals surface area contributed by atoms with E-state index in [-0.39, 0.29) is 0 Å². The van der Waals surface area contributed by atoms with Gasteiger partial charge in [-0.05, 0) is 56.7 Å².